The van der Waals surface area contributed by atoms with Crippen molar-refractivity contribution in [3.05, 3.63) is 10.7 Å². The van der Waals surface area contributed by atoms with Gasteiger partial charge in [-0.1, -0.05) is 0 Å². The Morgan fingerprint density at radius 1 is 1.44 bits per heavy atom. The Labute approximate surface area is 102 Å². The number of ether oxygens (including phenoxy) is 3. The molecule has 0 N–H and O–H groups in total. The third kappa shape index (κ3) is 2.82. The van der Waals surface area contributed by atoms with Gasteiger partial charge < -0.3 is 14.2 Å². The summed E-state index contributed by atoms with van der Waals surface area (Å²) in [4.78, 5) is 8.22. The molecule has 16 heavy (non-hydrogen) atoms. The van der Waals surface area contributed by atoms with Crippen LogP contribution in [0, 0.1) is 0 Å². The highest BCUT2D eigenvalue weighted by Gasteiger charge is 2.17. The van der Waals surface area contributed by atoms with Gasteiger partial charge in [0.1, 0.15) is 6.10 Å². The number of methoxy groups -OCH3 is 1. The molecule has 2 rings (SSSR count). The van der Waals surface area contributed by atoms with Crippen LogP contribution >= 0.6 is 15.9 Å². The van der Waals surface area contributed by atoms with Crippen molar-refractivity contribution in [1.29, 1.82) is 0 Å². The first kappa shape index (κ1) is 11.6. The normalized spacial score (nSPS) is 17.1. The third-order valence-electron chi connectivity index (χ3n) is 2.32. The molecule has 0 aliphatic carbocycles. The predicted octanol–water partition coefficient (Wildman–Crippen LogP) is 1.81. The topological polar surface area (TPSA) is 53.5 Å². The molecular weight excluding hydrogens is 276 g/mol. The molecule has 1 saturated heterocycles. The summed E-state index contributed by atoms with van der Waals surface area (Å²) >= 11 is 3.29. The number of hydrogen-bond acceptors (Lipinski definition) is 5. The highest BCUT2D eigenvalue weighted by Crippen LogP contribution is 2.23. The molecule has 1 aromatic rings. The van der Waals surface area contributed by atoms with Crippen LogP contribution in [0.25, 0.3) is 0 Å². The Morgan fingerprint density at radius 3 is 2.88 bits per heavy atom. The average molecular weight is 289 g/mol. The minimum Gasteiger partial charge on any atom is -0.480 e. The Kier molecular flexibility index (Phi) is 3.95. The maximum atomic E-state index is 5.65. The van der Waals surface area contributed by atoms with Crippen molar-refractivity contribution in [2.24, 2.45) is 0 Å². The van der Waals surface area contributed by atoms with Gasteiger partial charge in [-0.3, -0.25) is 0 Å². The maximum Gasteiger partial charge on any atom is 0.320 e. The fourth-order valence-electron chi connectivity index (χ4n) is 1.48. The summed E-state index contributed by atoms with van der Waals surface area (Å²) in [5.74, 6) is 0.483. The van der Waals surface area contributed by atoms with E-state index in [1.54, 1.807) is 13.3 Å². The summed E-state index contributed by atoms with van der Waals surface area (Å²) in [6, 6.07) is 0.354. The summed E-state index contributed by atoms with van der Waals surface area (Å²) in [7, 11) is 1.56. The van der Waals surface area contributed by atoms with E-state index in [2.05, 4.69) is 25.9 Å². The molecule has 0 atom stereocenters. The lowest BCUT2D eigenvalue weighted by Crippen LogP contribution is -2.26. The molecule has 1 aromatic heterocycles. The van der Waals surface area contributed by atoms with Gasteiger partial charge in [-0.2, -0.15) is 4.98 Å². The van der Waals surface area contributed by atoms with E-state index >= 15 is 0 Å². The van der Waals surface area contributed by atoms with Gasteiger partial charge in [0.05, 0.1) is 31.0 Å². The highest BCUT2D eigenvalue weighted by molar-refractivity contribution is 9.10. The van der Waals surface area contributed by atoms with Crippen LogP contribution in [-0.4, -0.2) is 36.4 Å². The van der Waals surface area contributed by atoms with E-state index in [1.807, 2.05) is 0 Å². The monoisotopic (exact) mass is 288 g/mol. The molecule has 0 spiro atoms. The van der Waals surface area contributed by atoms with Crippen molar-refractivity contribution in [2.45, 2.75) is 18.9 Å². The van der Waals surface area contributed by atoms with Gasteiger partial charge in [-0.05, 0) is 15.9 Å². The lowest BCUT2D eigenvalue weighted by molar-refractivity contribution is 0.0214. The largest absolute Gasteiger partial charge is 0.480 e. The second kappa shape index (κ2) is 5.45. The van der Waals surface area contributed by atoms with Gasteiger partial charge in [0.15, 0.2) is 0 Å². The number of hydrogen-bond donors (Lipinski definition) is 0. The van der Waals surface area contributed by atoms with Gasteiger partial charge in [0, 0.05) is 12.8 Å². The Morgan fingerprint density at radius 2 is 2.19 bits per heavy atom. The van der Waals surface area contributed by atoms with Crippen molar-refractivity contribution in [3.8, 4) is 11.9 Å². The molecule has 1 aliphatic rings. The molecule has 0 aromatic carbocycles. The van der Waals surface area contributed by atoms with Crippen LogP contribution in [0.5, 0.6) is 11.9 Å². The molecule has 1 aliphatic heterocycles. The Hall–Kier alpha value is -0.880. The first-order valence-corrected chi connectivity index (χ1v) is 5.90. The second-order valence-corrected chi connectivity index (χ2v) is 4.29. The first-order valence-electron chi connectivity index (χ1n) is 5.10. The average Bonchev–Trinajstić information content (AvgIpc) is 2.33. The summed E-state index contributed by atoms with van der Waals surface area (Å²) in [5.41, 5.74) is 0. The molecule has 0 unspecified atom stereocenters. The van der Waals surface area contributed by atoms with Gasteiger partial charge in [-0.15, -0.1) is 0 Å². The molecule has 0 bridgehead atoms. The van der Waals surface area contributed by atoms with Crippen LogP contribution in [0.1, 0.15) is 12.8 Å². The fourth-order valence-corrected chi connectivity index (χ4v) is 1.83. The van der Waals surface area contributed by atoms with Crippen molar-refractivity contribution in [1.82, 2.24) is 9.97 Å². The molecule has 2 heterocycles. The molecule has 5 nitrogen and oxygen atoms in total. The number of rotatable bonds is 3. The lowest BCUT2D eigenvalue weighted by Gasteiger charge is -2.22. The standard InChI is InChI=1S/C10H13BrN2O3/c1-14-9-8(11)6-12-10(13-9)16-7-2-4-15-5-3-7/h6-7H,2-5H2,1H3. The van der Waals surface area contributed by atoms with Crippen molar-refractivity contribution in [3.63, 3.8) is 0 Å². The number of nitrogens with zero attached hydrogens (tertiary/aromatic N) is 2. The summed E-state index contributed by atoms with van der Waals surface area (Å²) in [5, 5.41) is 0. The fraction of sp³-hybridized carbons (Fsp3) is 0.600. The van der Waals surface area contributed by atoms with E-state index in [4.69, 9.17) is 14.2 Å². The lowest BCUT2D eigenvalue weighted by atomic mass is 10.2. The first-order chi connectivity index (χ1) is 7.79. The van der Waals surface area contributed by atoms with Crippen molar-refractivity contribution in [2.75, 3.05) is 20.3 Å². The predicted molar refractivity (Wildman–Crippen MR) is 60.8 cm³/mol. The second-order valence-electron chi connectivity index (χ2n) is 3.44. The van der Waals surface area contributed by atoms with E-state index in [9.17, 15) is 0 Å². The molecule has 88 valence electrons. The summed E-state index contributed by atoms with van der Waals surface area (Å²) < 4.78 is 16.7. The smallest absolute Gasteiger partial charge is 0.320 e. The molecule has 0 amide bonds. The zero-order valence-corrected chi connectivity index (χ0v) is 10.6. The van der Waals surface area contributed by atoms with Crippen molar-refractivity contribution < 1.29 is 14.2 Å². The molecule has 0 saturated carbocycles. The van der Waals surface area contributed by atoms with Crippen LogP contribution in [-0.2, 0) is 4.74 Å². The van der Waals surface area contributed by atoms with Crippen LogP contribution in [0.4, 0.5) is 0 Å². The molecule has 0 radical (unpaired) electrons. The highest BCUT2D eigenvalue weighted by atomic mass is 79.9. The van der Waals surface area contributed by atoms with Gasteiger partial charge >= 0.3 is 6.01 Å². The molecule has 6 heteroatoms. The Bertz CT molecular complexity index is 356. The van der Waals surface area contributed by atoms with Gasteiger partial charge in [0.25, 0.3) is 0 Å². The number of halogens is 1. The molecule has 1 fully saturated rings. The summed E-state index contributed by atoms with van der Waals surface area (Å²) in [6.07, 6.45) is 3.52. The zero-order chi connectivity index (χ0) is 11.4. The SMILES string of the molecule is COc1nc(OC2CCOCC2)ncc1Br. The van der Waals surface area contributed by atoms with Gasteiger partial charge in [0.2, 0.25) is 5.88 Å². The minimum absolute atomic E-state index is 0.139. The maximum absolute atomic E-state index is 5.65. The van der Waals surface area contributed by atoms with E-state index in [-0.39, 0.29) is 6.10 Å². The van der Waals surface area contributed by atoms with Crippen LogP contribution in [0.2, 0.25) is 0 Å². The van der Waals surface area contributed by atoms with E-state index in [0.717, 1.165) is 26.1 Å². The minimum atomic E-state index is 0.139. The Balaban J connectivity index is 2.03. The van der Waals surface area contributed by atoms with E-state index in [0.29, 0.717) is 16.4 Å². The quantitative estimate of drug-likeness (QED) is 0.849. The molecular formula is C10H13BrN2O3. The van der Waals surface area contributed by atoms with E-state index < -0.39 is 0 Å². The zero-order valence-electron chi connectivity index (χ0n) is 8.98. The van der Waals surface area contributed by atoms with Gasteiger partial charge in [-0.25, -0.2) is 4.98 Å². The van der Waals surface area contributed by atoms with Crippen LogP contribution in [0.3, 0.4) is 0 Å². The summed E-state index contributed by atoms with van der Waals surface area (Å²) in [6.45, 7) is 1.47. The van der Waals surface area contributed by atoms with Crippen LogP contribution in [0.15, 0.2) is 10.7 Å². The number of aromatic nitrogens is 2. The van der Waals surface area contributed by atoms with Crippen LogP contribution < -0.4 is 9.47 Å². The third-order valence-corrected chi connectivity index (χ3v) is 2.87. The van der Waals surface area contributed by atoms with Crippen molar-refractivity contribution >= 4 is 15.9 Å². The van der Waals surface area contributed by atoms with E-state index in [1.165, 1.54) is 0 Å².